The number of nitrogens with one attached hydrogen (secondary N) is 1. The van der Waals surface area contributed by atoms with Crippen LogP contribution in [0.15, 0.2) is 24.3 Å². The molecule has 0 fully saturated rings. The number of carbonyl (C=O) groups is 1. The van der Waals surface area contributed by atoms with Crippen LogP contribution in [0.3, 0.4) is 0 Å². The fourth-order valence-corrected chi connectivity index (χ4v) is 1.62. The van der Waals surface area contributed by atoms with Crippen LogP contribution in [-0.4, -0.2) is 18.6 Å². The highest BCUT2D eigenvalue weighted by molar-refractivity contribution is 5.71. The normalized spacial score (nSPS) is 12.5. The molecule has 1 unspecified atom stereocenters. The van der Waals surface area contributed by atoms with E-state index in [2.05, 4.69) is 36.5 Å². The van der Waals surface area contributed by atoms with Gasteiger partial charge in [-0.05, 0) is 19.4 Å². The lowest BCUT2D eigenvalue weighted by Gasteiger charge is -2.15. The Bertz CT molecular complexity index is 388. The largest absolute Gasteiger partial charge is 0.461 e. The lowest BCUT2D eigenvalue weighted by Crippen LogP contribution is -2.29. The van der Waals surface area contributed by atoms with E-state index in [0.29, 0.717) is 6.54 Å². The van der Waals surface area contributed by atoms with Crippen molar-refractivity contribution in [3.05, 3.63) is 35.4 Å². The number of hydrogen-bond acceptors (Lipinski definition) is 3. The predicted molar refractivity (Wildman–Crippen MR) is 73.3 cm³/mol. The van der Waals surface area contributed by atoms with Gasteiger partial charge in [0.15, 0.2) is 0 Å². The summed E-state index contributed by atoms with van der Waals surface area (Å²) >= 11 is 0. The van der Waals surface area contributed by atoms with Gasteiger partial charge in [-0.2, -0.15) is 0 Å². The average molecular weight is 249 g/mol. The standard InChI is InChI=1S/C15H23NO2/c1-11(2)15(17)18-13(4)9-16-10-14-7-5-6-12(3)8-14/h5-8,11,13,16H,9-10H2,1-4H3. The van der Waals surface area contributed by atoms with Crippen molar-refractivity contribution in [2.45, 2.75) is 40.3 Å². The van der Waals surface area contributed by atoms with E-state index in [9.17, 15) is 4.79 Å². The van der Waals surface area contributed by atoms with Crippen LogP contribution in [-0.2, 0) is 16.1 Å². The second-order valence-corrected chi connectivity index (χ2v) is 5.02. The minimum absolute atomic E-state index is 0.0655. The fraction of sp³-hybridized carbons (Fsp3) is 0.533. The Balaban J connectivity index is 2.27. The summed E-state index contributed by atoms with van der Waals surface area (Å²) in [4.78, 5) is 11.4. The Kier molecular flexibility index (Phi) is 5.86. The SMILES string of the molecule is Cc1cccc(CNCC(C)OC(=O)C(C)C)c1. The Morgan fingerprint density at radius 1 is 1.33 bits per heavy atom. The summed E-state index contributed by atoms with van der Waals surface area (Å²) in [5.41, 5.74) is 2.51. The Morgan fingerprint density at radius 2 is 2.06 bits per heavy atom. The number of esters is 1. The summed E-state index contributed by atoms with van der Waals surface area (Å²) in [5, 5.41) is 3.30. The molecule has 1 aromatic carbocycles. The second kappa shape index (κ2) is 7.17. The molecule has 1 aromatic rings. The van der Waals surface area contributed by atoms with Gasteiger partial charge in [-0.3, -0.25) is 4.79 Å². The zero-order valence-electron chi connectivity index (χ0n) is 11.7. The first-order valence-electron chi connectivity index (χ1n) is 6.45. The fourth-order valence-electron chi connectivity index (χ4n) is 1.62. The highest BCUT2D eigenvalue weighted by Gasteiger charge is 2.12. The number of rotatable bonds is 6. The Hall–Kier alpha value is -1.35. The number of benzene rings is 1. The van der Waals surface area contributed by atoms with Crippen LogP contribution in [0.25, 0.3) is 0 Å². The Labute approximate surface area is 110 Å². The first kappa shape index (κ1) is 14.7. The molecule has 0 spiro atoms. The van der Waals surface area contributed by atoms with Crippen molar-refractivity contribution in [3.8, 4) is 0 Å². The number of aryl methyl sites for hydroxylation is 1. The van der Waals surface area contributed by atoms with E-state index < -0.39 is 0 Å². The molecule has 0 heterocycles. The van der Waals surface area contributed by atoms with Crippen LogP contribution in [0, 0.1) is 12.8 Å². The minimum atomic E-state index is -0.139. The molecule has 0 aliphatic rings. The van der Waals surface area contributed by atoms with Crippen LogP contribution in [0.5, 0.6) is 0 Å². The average Bonchev–Trinajstić information content (AvgIpc) is 2.28. The summed E-state index contributed by atoms with van der Waals surface area (Å²) in [6.45, 7) is 9.14. The van der Waals surface area contributed by atoms with Gasteiger partial charge in [0.1, 0.15) is 6.10 Å². The second-order valence-electron chi connectivity index (χ2n) is 5.02. The topological polar surface area (TPSA) is 38.3 Å². The number of ether oxygens (including phenoxy) is 1. The van der Waals surface area contributed by atoms with Gasteiger partial charge in [0.2, 0.25) is 0 Å². The van der Waals surface area contributed by atoms with Crippen molar-refractivity contribution < 1.29 is 9.53 Å². The van der Waals surface area contributed by atoms with Crippen LogP contribution in [0.2, 0.25) is 0 Å². The summed E-state index contributed by atoms with van der Waals surface area (Å²) in [6, 6.07) is 8.37. The van der Waals surface area contributed by atoms with E-state index in [-0.39, 0.29) is 18.0 Å². The van der Waals surface area contributed by atoms with Crippen LogP contribution < -0.4 is 5.32 Å². The molecule has 1 N–H and O–H groups in total. The van der Waals surface area contributed by atoms with E-state index in [0.717, 1.165) is 6.54 Å². The molecular formula is C15H23NO2. The van der Waals surface area contributed by atoms with Gasteiger partial charge in [0.25, 0.3) is 0 Å². The van der Waals surface area contributed by atoms with Gasteiger partial charge >= 0.3 is 5.97 Å². The van der Waals surface area contributed by atoms with Gasteiger partial charge in [0.05, 0.1) is 5.92 Å². The maximum absolute atomic E-state index is 11.4. The molecule has 0 bridgehead atoms. The first-order chi connectivity index (χ1) is 8.49. The molecule has 0 radical (unpaired) electrons. The van der Waals surface area contributed by atoms with Crippen molar-refractivity contribution in [1.29, 1.82) is 0 Å². The van der Waals surface area contributed by atoms with Crippen LogP contribution >= 0.6 is 0 Å². The maximum atomic E-state index is 11.4. The van der Waals surface area contributed by atoms with Gasteiger partial charge in [-0.15, -0.1) is 0 Å². The maximum Gasteiger partial charge on any atom is 0.308 e. The van der Waals surface area contributed by atoms with Crippen molar-refractivity contribution in [2.24, 2.45) is 5.92 Å². The molecule has 0 amide bonds. The molecule has 0 aliphatic heterocycles. The summed E-state index contributed by atoms with van der Waals surface area (Å²) in [6.07, 6.45) is -0.0929. The molecule has 100 valence electrons. The monoisotopic (exact) mass is 249 g/mol. The molecule has 18 heavy (non-hydrogen) atoms. The highest BCUT2D eigenvalue weighted by Crippen LogP contribution is 2.04. The van der Waals surface area contributed by atoms with E-state index in [1.165, 1.54) is 11.1 Å². The highest BCUT2D eigenvalue weighted by atomic mass is 16.5. The summed E-state index contributed by atoms with van der Waals surface area (Å²) in [7, 11) is 0. The van der Waals surface area contributed by atoms with Crippen LogP contribution in [0.1, 0.15) is 31.9 Å². The summed E-state index contributed by atoms with van der Waals surface area (Å²) in [5.74, 6) is -0.205. The van der Waals surface area contributed by atoms with Crippen LogP contribution in [0.4, 0.5) is 0 Å². The number of carbonyl (C=O) groups excluding carboxylic acids is 1. The third-order valence-electron chi connectivity index (χ3n) is 2.63. The van der Waals surface area contributed by atoms with Gasteiger partial charge in [-0.1, -0.05) is 43.7 Å². The third kappa shape index (κ3) is 5.32. The van der Waals surface area contributed by atoms with E-state index in [1.807, 2.05) is 20.8 Å². The van der Waals surface area contributed by atoms with Crippen molar-refractivity contribution in [3.63, 3.8) is 0 Å². The number of hydrogen-bond donors (Lipinski definition) is 1. The van der Waals surface area contributed by atoms with E-state index >= 15 is 0 Å². The molecule has 0 aromatic heterocycles. The molecule has 0 saturated carbocycles. The molecule has 3 nitrogen and oxygen atoms in total. The molecule has 1 rings (SSSR count). The Morgan fingerprint density at radius 3 is 2.67 bits per heavy atom. The zero-order chi connectivity index (χ0) is 13.5. The smallest absolute Gasteiger partial charge is 0.308 e. The predicted octanol–water partition coefficient (Wildman–Crippen LogP) is 2.67. The van der Waals surface area contributed by atoms with Crippen molar-refractivity contribution in [2.75, 3.05) is 6.54 Å². The van der Waals surface area contributed by atoms with Crippen molar-refractivity contribution in [1.82, 2.24) is 5.32 Å². The zero-order valence-corrected chi connectivity index (χ0v) is 11.7. The van der Waals surface area contributed by atoms with E-state index in [4.69, 9.17) is 4.74 Å². The molecule has 0 aliphatic carbocycles. The lowest BCUT2D eigenvalue weighted by atomic mass is 10.1. The molecular weight excluding hydrogens is 226 g/mol. The minimum Gasteiger partial charge on any atom is -0.461 e. The van der Waals surface area contributed by atoms with Gasteiger partial charge in [0, 0.05) is 13.1 Å². The molecule has 1 atom stereocenters. The van der Waals surface area contributed by atoms with Gasteiger partial charge < -0.3 is 10.1 Å². The molecule has 3 heteroatoms. The van der Waals surface area contributed by atoms with E-state index in [1.54, 1.807) is 0 Å². The lowest BCUT2D eigenvalue weighted by molar-refractivity contribution is -0.151. The summed E-state index contributed by atoms with van der Waals surface area (Å²) < 4.78 is 5.27. The first-order valence-corrected chi connectivity index (χ1v) is 6.45. The van der Waals surface area contributed by atoms with Gasteiger partial charge in [-0.25, -0.2) is 0 Å². The van der Waals surface area contributed by atoms with Crippen molar-refractivity contribution >= 4 is 5.97 Å². The quantitative estimate of drug-likeness (QED) is 0.788. The third-order valence-corrected chi connectivity index (χ3v) is 2.63. The molecule has 0 saturated heterocycles.